The van der Waals surface area contributed by atoms with Crippen molar-refractivity contribution in [3.8, 4) is 11.3 Å². The molecule has 5 aromatic rings. The molecule has 2 aliphatic rings. The van der Waals surface area contributed by atoms with E-state index in [0.29, 0.717) is 11.8 Å². The zero-order valence-electron chi connectivity index (χ0n) is 25.7. The van der Waals surface area contributed by atoms with Crippen LogP contribution in [0.1, 0.15) is 60.8 Å². The lowest BCUT2D eigenvalue weighted by atomic mass is 9.87. The topological polar surface area (TPSA) is 72.8 Å². The van der Waals surface area contributed by atoms with Crippen LogP contribution in [-0.4, -0.2) is 74.7 Å². The fourth-order valence-corrected chi connectivity index (χ4v) is 7.19. The lowest BCUT2D eigenvalue weighted by Gasteiger charge is -2.40. The van der Waals surface area contributed by atoms with Crippen molar-refractivity contribution in [2.45, 2.75) is 52.4 Å². The number of nitrogens with zero attached hydrogens (tertiary/aromatic N) is 6. The number of nitrogens with one attached hydrogen (secondary N) is 1. The molecule has 0 saturated carbocycles. The standard InChI is InChI=1S/C35H41N7O/c1-23(2)33-29-21-27(5-6-31(29)38-34(33)30-22-42-32(9-14-37-42)25(4)24(30)3)26-10-15-40(16-11-26)35(43)41-19-17-39(18-20-41)28-7-12-36-13-8-28/h5-9,12-14,21-23,26,38H,10-11,15-20H2,1-4H3. The molecule has 0 bridgehead atoms. The van der Waals surface area contributed by atoms with Crippen LogP contribution in [0.4, 0.5) is 10.5 Å². The Hall–Kier alpha value is -4.33. The van der Waals surface area contributed by atoms with Crippen LogP contribution in [0.3, 0.4) is 0 Å². The number of anilines is 1. The normalized spacial score (nSPS) is 16.6. The van der Waals surface area contributed by atoms with Crippen LogP contribution in [0.25, 0.3) is 27.7 Å². The molecule has 1 N–H and O–H groups in total. The van der Waals surface area contributed by atoms with Crippen molar-refractivity contribution in [3.05, 3.63) is 83.4 Å². The third kappa shape index (κ3) is 4.92. The quantitative estimate of drug-likeness (QED) is 0.258. The van der Waals surface area contributed by atoms with Crippen LogP contribution in [0, 0.1) is 13.8 Å². The molecule has 2 aliphatic heterocycles. The number of piperazine rings is 1. The Bertz CT molecular complexity index is 1770. The molecular formula is C35H41N7O. The van der Waals surface area contributed by atoms with E-state index in [9.17, 15) is 4.79 Å². The van der Waals surface area contributed by atoms with Gasteiger partial charge in [0.2, 0.25) is 0 Å². The molecule has 1 aromatic carbocycles. The molecule has 222 valence electrons. The molecule has 43 heavy (non-hydrogen) atoms. The summed E-state index contributed by atoms with van der Waals surface area (Å²) >= 11 is 0. The van der Waals surface area contributed by atoms with Gasteiger partial charge in [-0.1, -0.05) is 19.9 Å². The highest BCUT2D eigenvalue weighted by atomic mass is 16.2. The first-order valence-corrected chi connectivity index (χ1v) is 15.7. The van der Waals surface area contributed by atoms with E-state index in [4.69, 9.17) is 0 Å². The van der Waals surface area contributed by atoms with Gasteiger partial charge in [0.05, 0.1) is 11.2 Å². The number of amides is 2. The second-order valence-corrected chi connectivity index (χ2v) is 12.6. The minimum atomic E-state index is 0.195. The van der Waals surface area contributed by atoms with Crippen LogP contribution < -0.4 is 4.90 Å². The Balaban J connectivity index is 1.07. The summed E-state index contributed by atoms with van der Waals surface area (Å²) in [6.45, 7) is 13.8. The lowest BCUT2D eigenvalue weighted by molar-refractivity contribution is 0.137. The van der Waals surface area contributed by atoms with Gasteiger partial charge >= 0.3 is 6.03 Å². The maximum absolute atomic E-state index is 13.4. The smallest absolute Gasteiger partial charge is 0.320 e. The number of rotatable bonds is 4. The van der Waals surface area contributed by atoms with E-state index in [0.717, 1.165) is 57.6 Å². The third-order valence-electron chi connectivity index (χ3n) is 9.80. The lowest BCUT2D eigenvalue weighted by Crippen LogP contribution is -2.54. The SMILES string of the molecule is Cc1c(-c2[nH]c3ccc(C4CCN(C(=O)N5CCN(c6ccncc6)CC5)CC4)cc3c2C(C)C)cn2nccc2c1C. The molecule has 2 amide bonds. The van der Waals surface area contributed by atoms with Crippen LogP contribution in [-0.2, 0) is 0 Å². The predicted molar refractivity (Wildman–Crippen MR) is 173 cm³/mol. The molecule has 8 nitrogen and oxygen atoms in total. The van der Waals surface area contributed by atoms with Gasteiger partial charge < -0.3 is 19.7 Å². The van der Waals surface area contributed by atoms with Crippen molar-refractivity contribution in [2.75, 3.05) is 44.2 Å². The number of aromatic amines is 1. The molecule has 4 aromatic heterocycles. The number of H-pyrrole nitrogens is 1. The molecule has 7 rings (SSSR count). The van der Waals surface area contributed by atoms with Gasteiger partial charge in [-0.3, -0.25) is 4.98 Å². The van der Waals surface area contributed by atoms with Crippen LogP contribution >= 0.6 is 0 Å². The summed E-state index contributed by atoms with van der Waals surface area (Å²) in [5.41, 5.74) is 11.2. The average Bonchev–Trinajstić information content (AvgIpc) is 3.68. The maximum Gasteiger partial charge on any atom is 0.320 e. The van der Waals surface area contributed by atoms with Gasteiger partial charge in [-0.2, -0.15) is 5.10 Å². The number of pyridine rings is 2. The van der Waals surface area contributed by atoms with E-state index in [1.165, 1.54) is 50.1 Å². The van der Waals surface area contributed by atoms with Gasteiger partial charge in [0.15, 0.2) is 0 Å². The minimum Gasteiger partial charge on any atom is -0.368 e. The van der Waals surface area contributed by atoms with Crippen molar-refractivity contribution in [2.24, 2.45) is 0 Å². The van der Waals surface area contributed by atoms with Gasteiger partial charge in [0.25, 0.3) is 0 Å². The summed E-state index contributed by atoms with van der Waals surface area (Å²) in [6, 6.07) is 13.3. The number of aromatic nitrogens is 4. The monoisotopic (exact) mass is 575 g/mol. The van der Waals surface area contributed by atoms with E-state index in [-0.39, 0.29) is 6.03 Å². The molecule has 0 radical (unpaired) electrons. The highest BCUT2D eigenvalue weighted by molar-refractivity contribution is 5.93. The van der Waals surface area contributed by atoms with Crippen LogP contribution in [0.2, 0.25) is 0 Å². The van der Waals surface area contributed by atoms with Crippen molar-refractivity contribution in [3.63, 3.8) is 0 Å². The van der Waals surface area contributed by atoms with E-state index in [2.05, 4.69) is 83.0 Å². The number of hydrogen-bond donors (Lipinski definition) is 1. The maximum atomic E-state index is 13.4. The van der Waals surface area contributed by atoms with E-state index < -0.39 is 0 Å². The zero-order chi connectivity index (χ0) is 29.7. The predicted octanol–water partition coefficient (Wildman–Crippen LogP) is 6.74. The Morgan fingerprint density at radius 3 is 2.33 bits per heavy atom. The highest BCUT2D eigenvalue weighted by Crippen LogP contribution is 2.40. The van der Waals surface area contributed by atoms with Gasteiger partial charge in [-0.15, -0.1) is 0 Å². The Morgan fingerprint density at radius 1 is 0.884 bits per heavy atom. The Labute approximate surface area is 253 Å². The number of likely N-dealkylation sites (tertiary alicyclic amines) is 1. The molecule has 2 fully saturated rings. The number of carbonyl (C=O) groups is 1. The van der Waals surface area contributed by atoms with Crippen LogP contribution in [0.5, 0.6) is 0 Å². The molecule has 0 atom stereocenters. The number of hydrogen-bond acceptors (Lipinski definition) is 4. The molecule has 8 heteroatoms. The zero-order valence-corrected chi connectivity index (χ0v) is 25.7. The molecule has 0 spiro atoms. The van der Waals surface area contributed by atoms with Gasteiger partial charge in [-0.05, 0) is 91.1 Å². The molecule has 2 saturated heterocycles. The first kappa shape index (κ1) is 27.5. The van der Waals surface area contributed by atoms with E-state index in [1.54, 1.807) is 0 Å². The molecule has 0 unspecified atom stereocenters. The average molecular weight is 576 g/mol. The van der Waals surface area contributed by atoms with Crippen molar-refractivity contribution >= 4 is 28.1 Å². The van der Waals surface area contributed by atoms with E-state index >= 15 is 0 Å². The van der Waals surface area contributed by atoms with E-state index in [1.807, 2.05) is 40.1 Å². The number of aryl methyl sites for hydroxylation is 1. The number of carbonyl (C=O) groups excluding carboxylic acids is 1. The number of benzene rings is 1. The number of fused-ring (bicyclic) bond motifs is 2. The highest BCUT2D eigenvalue weighted by Gasteiger charge is 2.30. The summed E-state index contributed by atoms with van der Waals surface area (Å²) in [4.78, 5) is 27.7. The van der Waals surface area contributed by atoms with Gasteiger partial charge in [0.1, 0.15) is 0 Å². The van der Waals surface area contributed by atoms with Crippen molar-refractivity contribution in [1.82, 2.24) is 29.4 Å². The Kier molecular flexibility index (Phi) is 7.07. The second kappa shape index (κ2) is 11.1. The largest absolute Gasteiger partial charge is 0.368 e. The summed E-state index contributed by atoms with van der Waals surface area (Å²) in [7, 11) is 0. The molecular weight excluding hydrogens is 534 g/mol. The number of piperidine rings is 1. The summed E-state index contributed by atoms with van der Waals surface area (Å²) < 4.78 is 1.99. The molecule has 6 heterocycles. The van der Waals surface area contributed by atoms with Crippen molar-refractivity contribution < 1.29 is 4.79 Å². The minimum absolute atomic E-state index is 0.195. The first-order valence-electron chi connectivity index (χ1n) is 15.7. The summed E-state index contributed by atoms with van der Waals surface area (Å²) in [5.74, 6) is 0.824. The third-order valence-corrected chi connectivity index (χ3v) is 9.80. The Morgan fingerprint density at radius 2 is 1.60 bits per heavy atom. The number of urea groups is 1. The fourth-order valence-electron chi connectivity index (χ4n) is 7.19. The second-order valence-electron chi connectivity index (χ2n) is 12.6. The summed E-state index contributed by atoms with van der Waals surface area (Å²) in [6.07, 6.45) is 9.69. The first-order chi connectivity index (χ1) is 20.9. The fraction of sp³-hybridized carbons (Fsp3) is 0.400. The van der Waals surface area contributed by atoms with Gasteiger partial charge in [0, 0.05) is 86.2 Å². The summed E-state index contributed by atoms with van der Waals surface area (Å²) in [5, 5.41) is 5.85. The molecule has 0 aliphatic carbocycles. The van der Waals surface area contributed by atoms with Crippen LogP contribution in [0.15, 0.2) is 61.2 Å². The van der Waals surface area contributed by atoms with Gasteiger partial charge in [-0.25, -0.2) is 9.31 Å². The van der Waals surface area contributed by atoms with Crippen molar-refractivity contribution in [1.29, 1.82) is 0 Å².